The molecule has 1 atom stereocenters. The van der Waals surface area contributed by atoms with E-state index in [1.807, 2.05) is 38.1 Å². The predicted molar refractivity (Wildman–Crippen MR) is 128 cm³/mol. The highest BCUT2D eigenvalue weighted by Gasteiger charge is 2.50. The van der Waals surface area contributed by atoms with Crippen molar-refractivity contribution >= 4 is 18.0 Å². The molecular weight excluding hydrogens is 432 g/mol. The van der Waals surface area contributed by atoms with Crippen LogP contribution in [0.5, 0.6) is 0 Å². The molecule has 180 valence electrons. The molecule has 2 aliphatic rings. The Balaban J connectivity index is 1.27. The summed E-state index contributed by atoms with van der Waals surface area (Å²) in [6.45, 7) is 4.70. The lowest BCUT2D eigenvalue weighted by Crippen LogP contribution is -2.38. The van der Waals surface area contributed by atoms with Gasteiger partial charge in [0.25, 0.3) is 0 Å². The molecule has 2 aliphatic carbocycles. The highest BCUT2D eigenvalue weighted by Crippen LogP contribution is 2.45. The molecule has 1 unspecified atom stereocenters. The second-order valence-corrected chi connectivity index (χ2v) is 9.78. The van der Waals surface area contributed by atoms with Crippen molar-refractivity contribution in [3.05, 3.63) is 59.7 Å². The number of carboxylic acids is 1. The van der Waals surface area contributed by atoms with Gasteiger partial charge in [-0.2, -0.15) is 0 Å². The SMILES string of the molecule is CC(C)C(CNC(=O)OCC1c2ccccc2-c2ccccc21)CC(=O)NCC1(C(=O)O)CC1. The first-order valence-electron chi connectivity index (χ1n) is 11.9. The molecule has 0 radical (unpaired) electrons. The second-order valence-electron chi connectivity index (χ2n) is 9.78. The Morgan fingerprint density at radius 1 is 1.00 bits per heavy atom. The van der Waals surface area contributed by atoms with Crippen molar-refractivity contribution in [3.8, 4) is 11.1 Å². The smallest absolute Gasteiger partial charge is 0.407 e. The number of nitrogens with one attached hydrogen (secondary N) is 2. The van der Waals surface area contributed by atoms with Crippen LogP contribution in [0, 0.1) is 17.3 Å². The monoisotopic (exact) mass is 464 g/mol. The van der Waals surface area contributed by atoms with Crippen LogP contribution < -0.4 is 10.6 Å². The van der Waals surface area contributed by atoms with E-state index in [1.54, 1.807) is 0 Å². The van der Waals surface area contributed by atoms with Crippen LogP contribution >= 0.6 is 0 Å². The van der Waals surface area contributed by atoms with E-state index in [4.69, 9.17) is 4.74 Å². The van der Waals surface area contributed by atoms with Gasteiger partial charge in [0.2, 0.25) is 5.91 Å². The number of carbonyl (C=O) groups excluding carboxylic acids is 2. The standard InChI is InChI=1S/C27H32N2O5/c1-17(2)18(13-24(30)29-16-27(11-12-27)25(31)32)14-28-26(33)34-15-23-21-9-5-3-7-19(21)20-8-4-6-10-22(20)23/h3-10,17-18,23H,11-16H2,1-2H3,(H,28,33)(H,29,30)(H,31,32). The molecular formula is C27H32N2O5. The Bertz CT molecular complexity index is 1030. The number of carbonyl (C=O) groups is 3. The number of fused-ring (bicyclic) bond motifs is 3. The van der Waals surface area contributed by atoms with E-state index in [9.17, 15) is 19.5 Å². The maximum Gasteiger partial charge on any atom is 0.407 e. The Morgan fingerprint density at radius 2 is 1.59 bits per heavy atom. The zero-order chi connectivity index (χ0) is 24.3. The van der Waals surface area contributed by atoms with E-state index in [-0.39, 0.29) is 43.2 Å². The average molecular weight is 465 g/mol. The van der Waals surface area contributed by atoms with Crippen LogP contribution in [0.15, 0.2) is 48.5 Å². The van der Waals surface area contributed by atoms with Crippen LogP contribution in [-0.2, 0) is 14.3 Å². The van der Waals surface area contributed by atoms with Crippen molar-refractivity contribution in [1.29, 1.82) is 0 Å². The molecule has 7 nitrogen and oxygen atoms in total. The minimum absolute atomic E-state index is 0.00574. The Kier molecular flexibility index (Phi) is 6.91. The summed E-state index contributed by atoms with van der Waals surface area (Å²) in [7, 11) is 0. The summed E-state index contributed by atoms with van der Waals surface area (Å²) in [4.78, 5) is 36.1. The molecule has 1 saturated carbocycles. The van der Waals surface area contributed by atoms with Crippen LogP contribution in [-0.4, -0.2) is 42.8 Å². The molecule has 0 saturated heterocycles. The van der Waals surface area contributed by atoms with Crippen molar-refractivity contribution in [3.63, 3.8) is 0 Å². The number of hydrogen-bond acceptors (Lipinski definition) is 4. The van der Waals surface area contributed by atoms with Crippen molar-refractivity contribution in [2.24, 2.45) is 17.3 Å². The first kappa shape index (κ1) is 23.8. The molecule has 0 aromatic heterocycles. The Morgan fingerprint density at radius 3 is 2.12 bits per heavy atom. The first-order valence-corrected chi connectivity index (χ1v) is 11.9. The highest BCUT2D eigenvalue weighted by atomic mass is 16.5. The third kappa shape index (κ3) is 5.08. The maximum absolute atomic E-state index is 12.5. The molecule has 0 heterocycles. The number of aliphatic carboxylic acids is 1. The molecule has 34 heavy (non-hydrogen) atoms. The van der Waals surface area contributed by atoms with E-state index >= 15 is 0 Å². The number of amides is 2. The summed E-state index contributed by atoms with van der Waals surface area (Å²) in [5.74, 6) is -0.978. The number of benzene rings is 2. The van der Waals surface area contributed by atoms with Crippen LogP contribution in [0.2, 0.25) is 0 Å². The number of alkyl carbamates (subject to hydrolysis) is 1. The van der Waals surface area contributed by atoms with Gasteiger partial charge >= 0.3 is 12.1 Å². The van der Waals surface area contributed by atoms with Gasteiger partial charge in [-0.3, -0.25) is 9.59 Å². The second kappa shape index (κ2) is 9.87. The van der Waals surface area contributed by atoms with E-state index in [0.29, 0.717) is 19.4 Å². The van der Waals surface area contributed by atoms with E-state index in [0.717, 1.165) is 11.1 Å². The highest BCUT2D eigenvalue weighted by molar-refractivity contribution is 5.81. The molecule has 0 spiro atoms. The molecule has 7 heteroatoms. The van der Waals surface area contributed by atoms with E-state index in [2.05, 4.69) is 34.9 Å². The summed E-state index contributed by atoms with van der Waals surface area (Å²) in [5.41, 5.74) is 3.87. The van der Waals surface area contributed by atoms with Gasteiger partial charge in [0, 0.05) is 25.4 Å². The van der Waals surface area contributed by atoms with Crippen molar-refractivity contribution in [1.82, 2.24) is 10.6 Å². The molecule has 1 fully saturated rings. The zero-order valence-corrected chi connectivity index (χ0v) is 19.7. The van der Waals surface area contributed by atoms with Gasteiger partial charge in [-0.05, 0) is 46.9 Å². The fourth-order valence-electron chi connectivity index (χ4n) is 4.60. The molecule has 0 bridgehead atoms. The minimum atomic E-state index is -0.856. The van der Waals surface area contributed by atoms with Gasteiger partial charge in [-0.15, -0.1) is 0 Å². The lowest BCUT2D eigenvalue weighted by Gasteiger charge is -2.22. The van der Waals surface area contributed by atoms with Crippen molar-refractivity contribution in [2.75, 3.05) is 19.7 Å². The first-order chi connectivity index (χ1) is 16.3. The van der Waals surface area contributed by atoms with Gasteiger partial charge in [-0.1, -0.05) is 62.4 Å². The third-order valence-electron chi connectivity index (χ3n) is 7.17. The summed E-state index contributed by atoms with van der Waals surface area (Å²) < 4.78 is 5.59. The largest absolute Gasteiger partial charge is 0.481 e. The Hall–Kier alpha value is -3.35. The number of rotatable bonds is 10. The third-order valence-corrected chi connectivity index (χ3v) is 7.17. The average Bonchev–Trinajstić information content (AvgIpc) is 3.56. The van der Waals surface area contributed by atoms with Gasteiger partial charge in [0.05, 0.1) is 5.41 Å². The molecule has 2 amide bonds. The van der Waals surface area contributed by atoms with Gasteiger partial charge in [0.1, 0.15) is 6.61 Å². The number of ether oxygens (including phenoxy) is 1. The summed E-state index contributed by atoms with van der Waals surface area (Å²) in [6.07, 6.45) is 0.909. The normalized spacial score (nSPS) is 16.3. The fraction of sp³-hybridized carbons (Fsp3) is 0.444. The molecule has 2 aromatic rings. The zero-order valence-electron chi connectivity index (χ0n) is 19.7. The molecule has 2 aromatic carbocycles. The fourth-order valence-corrected chi connectivity index (χ4v) is 4.60. The van der Waals surface area contributed by atoms with E-state index < -0.39 is 17.5 Å². The molecule has 4 rings (SSSR count). The predicted octanol–water partition coefficient (Wildman–Crippen LogP) is 4.17. The molecule has 3 N–H and O–H groups in total. The van der Waals surface area contributed by atoms with Crippen molar-refractivity contribution < 1.29 is 24.2 Å². The topological polar surface area (TPSA) is 105 Å². The van der Waals surface area contributed by atoms with Crippen LogP contribution in [0.4, 0.5) is 4.79 Å². The molecule has 0 aliphatic heterocycles. The summed E-state index contributed by atoms with van der Waals surface area (Å²) in [6, 6.07) is 16.4. The lowest BCUT2D eigenvalue weighted by atomic mass is 9.92. The van der Waals surface area contributed by atoms with Gasteiger partial charge in [0.15, 0.2) is 0 Å². The van der Waals surface area contributed by atoms with Crippen LogP contribution in [0.3, 0.4) is 0 Å². The van der Waals surface area contributed by atoms with Gasteiger partial charge in [-0.25, -0.2) is 4.79 Å². The van der Waals surface area contributed by atoms with Crippen molar-refractivity contribution in [2.45, 2.75) is 39.0 Å². The van der Waals surface area contributed by atoms with E-state index in [1.165, 1.54) is 11.1 Å². The number of carboxylic acid groups (broad SMARTS) is 1. The van der Waals surface area contributed by atoms with Gasteiger partial charge < -0.3 is 20.5 Å². The Labute approximate surface area is 199 Å². The van der Waals surface area contributed by atoms with Crippen LogP contribution in [0.25, 0.3) is 11.1 Å². The maximum atomic E-state index is 12.5. The summed E-state index contributed by atoms with van der Waals surface area (Å²) >= 11 is 0. The number of hydrogen-bond donors (Lipinski definition) is 3. The van der Waals surface area contributed by atoms with Crippen LogP contribution in [0.1, 0.15) is 50.2 Å². The quantitative estimate of drug-likeness (QED) is 0.490. The minimum Gasteiger partial charge on any atom is -0.481 e. The lowest BCUT2D eigenvalue weighted by molar-refractivity contribution is -0.143. The summed E-state index contributed by atoms with van der Waals surface area (Å²) in [5, 5.41) is 14.8.